The minimum atomic E-state index is -0.102. The van der Waals surface area contributed by atoms with Crippen LogP contribution in [-0.2, 0) is 4.79 Å². The van der Waals surface area contributed by atoms with E-state index in [1.165, 1.54) is 0 Å². The number of amides is 1. The smallest absolute Gasteiger partial charge is 0.224 e. The molecule has 0 bridgehead atoms. The average molecular weight is 503 g/mol. The van der Waals surface area contributed by atoms with Gasteiger partial charge in [0.15, 0.2) is 11.5 Å². The van der Waals surface area contributed by atoms with Crippen LogP contribution in [0.1, 0.15) is 27.2 Å². The Hall–Kier alpha value is -4.92. The van der Waals surface area contributed by atoms with Gasteiger partial charge < -0.3 is 10.3 Å². The van der Waals surface area contributed by atoms with Crippen molar-refractivity contribution in [2.24, 2.45) is 5.41 Å². The van der Waals surface area contributed by atoms with Gasteiger partial charge >= 0.3 is 0 Å². The van der Waals surface area contributed by atoms with E-state index in [1.807, 2.05) is 75.5 Å². The van der Waals surface area contributed by atoms with E-state index in [-0.39, 0.29) is 11.3 Å². The second-order valence-electron chi connectivity index (χ2n) is 10.4. The number of rotatable bonds is 5. The van der Waals surface area contributed by atoms with Crippen molar-refractivity contribution in [2.75, 3.05) is 5.32 Å². The zero-order valence-electron chi connectivity index (χ0n) is 21.3. The maximum Gasteiger partial charge on any atom is 0.224 e. The van der Waals surface area contributed by atoms with Crippen molar-refractivity contribution >= 4 is 33.7 Å². The SMILES string of the molecule is CC(C)(C)CC(=O)Nc1cncc(-c2ccc3[nH]nc(-c4nc5c(-c6cccnc6)cccc5[nH]4)c3n2)c1. The first kappa shape index (κ1) is 23.5. The number of aromatic amines is 2. The molecule has 0 saturated heterocycles. The number of imidazole rings is 1. The van der Waals surface area contributed by atoms with Crippen molar-refractivity contribution in [3.05, 3.63) is 73.3 Å². The van der Waals surface area contributed by atoms with Gasteiger partial charge in [-0.3, -0.25) is 19.9 Å². The van der Waals surface area contributed by atoms with Gasteiger partial charge in [-0.1, -0.05) is 39.0 Å². The van der Waals surface area contributed by atoms with E-state index in [0.29, 0.717) is 34.8 Å². The summed E-state index contributed by atoms with van der Waals surface area (Å²) in [6.07, 6.45) is 7.37. The zero-order valence-corrected chi connectivity index (χ0v) is 21.3. The average Bonchev–Trinajstić information content (AvgIpc) is 3.51. The lowest BCUT2D eigenvalue weighted by atomic mass is 9.92. The molecule has 6 rings (SSSR count). The molecule has 0 saturated carbocycles. The van der Waals surface area contributed by atoms with Gasteiger partial charge in [0.2, 0.25) is 5.91 Å². The highest BCUT2D eigenvalue weighted by Gasteiger charge is 2.18. The summed E-state index contributed by atoms with van der Waals surface area (Å²) in [5.41, 5.74) is 7.85. The van der Waals surface area contributed by atoms with Gasteiger partial charge in [0, 0.05) is 41.7 Å². The topological polar surface area (TPSA) is 125 Å². The number of nitrogens with one attached hydrogen (secondary N) is 3. The van der Waals surface area contributed by atoms with Crippen molar-refractivity contribution in [1.82, 2.24) is 35.1 Å². The Morgan fingerprint density at radius 2 is 1.76 bits per heavy atom. The van der Waals surface area contributed by atoms with E-state index < -0.39 is 0 Å². The van der Waals surface area contributed by atoms with Crippen molar-refractivity contribution in [3.63, 3.8) is 0 Å². The van der Waals surface area contributed by atoms with Gasteiger partial charge in [0.25, 0.3) is 0 Å². The Morgan fingerprint density at radius 1 is 0.895 bits per heavy atom. The number of pyridine rings is 3. The summed E-state index contributed by atoms with van der Waals surface area (Å²) in [5.74, 6) is 0.570. The van der Waals surface area contributed by atoms with Crippen LogP contribution in [0.2, 0.25) is 0 Å². The summed E-state index contributed by atoms with van der Waals surface area (Å²) in [6, 6.07) is 15.7. The molecule has 5 heterocycles. The standard InChI is InChI=1S/C29H26N8O/c1-29(2,3)13-24(38)32-19-12-18(15-31-16-19)21-9-10-23-26(33-21)27(37-36-23)28-34-22-8-4-7-20(25(22)35-28)17-6-5-11-30-14-17/h4-12,14-16H,13H2,1-3H3,(H,32,38)(H,34,35)(H,36,37). The molecule has 3 N–H and O–H groups in total. The molecular weight excluding hydrogens is 476 g/mol. The van der Waals surface area contributed by atoms with Crippen LogP contribution in [0.25, 0.3) is 56.0 Å². The van der Waals surface area contributed by atoms with Gasteiger partial charge in [-0.15, -0.1) is 0 Å². The van der Waals surface area contributed by atoms with E-state index in [2.05, 4.69) is 30.5 Å². The highest BCUT2D eigenvalue weighted by Crippen LogP contribution is 2.32. The van der Waals surface area contributed by atoms with Crippen molar-refractivity contribution in [2.45, 2.75) is 27.2 Å². The van der Waals surface area contributed by atoms with E-state index in [0.717, 1.165) is 33.2 Å². The second-order valence-corrected chi connectivity index (χ2v) is 10.4. The molecule has 188 valence electrons. The van der Waals surface area contributed by atoms with Gasteiger partial charge in [0.05, 0.1) is 34.1 Å². The van der Waals surface area contributed by atoms with Crippen LogP contribution in [0.15, 0.2) is 73.3 Å². The highest BCUT2D eigenvalue weighted by atomic mass is 16.1. The van der Waals surface area contributed by atoms with Crippen LogP contribution in [0.5, 0.6) is 0 Å². The number of carbonyl (C=O) groups excluding carboxylic acids is 1. The number of hydrogen-bond acceptors (Lipinski definition) is 6. The molecule has 9 nitrogen and oxygen atoms in total. The predicted molar refractivity (Wildman–Crippen MR) is 148 cm³/mol. The van der Waals surface area contributed by atoms with Crippen LogP contribution in [0, 0.1) is 5.41 Å². The van der Waals surface area contributed by atoms with Crippen LogP contribution < -0.4 is 5.32 Å². The Kier molecular flexibility index (Phi) is 5.68. The van der Waals surface area contributed by atoms with Gasteiger partial charge in [-0.05, 0) is 35.7 Å². The van der Waals surface area contributed by atoms with Gasteiger partial charge in [-0.2, -0.15) is 5.10 Å². The summed E-state index contributed by atoms with van der Waals surface area (Å²) in [4.78, 5) is 34.2. The minimum absolute atomic E-state index is 0.0486. The largest absolute Gasteiger partial charge is 0.336 e. The van der Waals surface area contributed by atoms with Gasteiger partial charge in [0.1, 0.15) is 5.52 Å². The molecule has 6 aromatic rings. The summed E-state index contributed by atoms with van der Waals surface area (Å²) >= 11 is 0. The maximum absolute atomic E-state index is 12.4. The summed E-state index contributed by atoms with van der Waals surface area (Å²) in [5, 5.41) is 10.5. The molecule has 0 radical (unpaired) electrons. The molecule has 1 aromatic carbocycles. The number of para-hydroxylation sites is 1. The van der Waals surface area contributed by atoms with Crippen molar-refractivity contribution in [1.29, 1.82) is 0 Å². The van der Waals surface area contributed by atoms with E-state index in [4.69, 9.17) is 9.97 Å². The lowest BCUT2D eigenvalue weighted by Crippen LogP contribution is -2.19. The number of carbonyl (C=O) groups is 1. The quantitative estimate of drug-likeness (QED) is 0.265. The third-order valence-electron chi connectivity index (χ3n) is 6.13. The van der Waals surface area contributed by atoms with Gasteiger partial charge in [-0.25, -0.2) is 9.97 Å². The Labute approximate surface area is 218 Å². The number of nitrogens with zero attached hydrogens (tertiary/aromatic N) is 5. The number of aromatic nitrogens is 7. The first-order valence-corrected chi connectivity index (χ1v) is 12.3. The Morgan fingerprint density at radius 3 is 2.58 bits per heavy atom. The number of H-pyrrole nitrogens is 2. The molecule has 0 aliphatic heterocycles. The normalized spacial score (nSPS) is 11.8. The van der Waals surface area contributed by atoms with Crippen LogP contribution in [-0.4, -0.2) is 41.0 Å². The van der Waals surface area contributed by atoms with E-state index in [1.54, 1.807) is 18.6 Å². The molecule has 1 amide bonds. The fourth-order valence-electron chi connectivity index (χ4n) is 4.46. The van der Waals surface area contributed by atoms with Crippen LogP contribution >= 0.6 is 0 Å². The van der Waals surface area contributed by atoms with Crippen LogP contribution in [0.3, 0.4) is 0 Å². The number of hydrogen-bond donors (Lipinski definition) is 3. The fraction of sp³-hybridized carbons (Fsp3) is 0.172. The minimum Gasteiger partial charge on any atom is -0.336 e. The second kappa shape index (κ2) is 9.19. The maximum atomic E-state index is 12.4. The molecule has 0 unspecified atom stereocenters. The molecule has 0 spiro atoms. The molecule has 38 heavy (non-hydrogen) atoms. The third-order valence-corrected chi connectivity index (χ3v) is 6.13. The first-order valence-electron chi connectivity index (χ1n) is 12.3. The Bertz CT molecular complexity index is 1780. The lowest BCUT2D eigenvalue weighted by Gasteiger charge is -2.17. The van der Waals surface area contributed by atoms with E-state index >= 15 is 0 Å². The molecule has 0 aliphatic carbocycles. The molecule has 0 aliphatic rings. The number of fused-ring (bicyclic) bond motifs is 2. The lowest BCUT2D eigenvalue weighted by molar-refractivity contribution is -0.117. The first-order chi connectivity index (χ1) is 18.3. The van der Waals surface area contributed by atoms with E-state index in [9.17, 15) is 4.79 Å². The zero-order chi connectivity index (χ0) is 26.3. The van der Waals surface area contributed by atoms with Crippen LogP contribution in [0.4, 0.5) is 5.69 Å². The van der Waals surface area contributed by atoms with Crippen molar-refractivity contribution < 1.29 is 4.79 Å². The molecule has 5 aromatic heterocycles. The number of anilines is 1. The fourth-order valence-corrected chi connectivity index (χ4v) is 4.46. The molecule has 9 heteroatoms. The Balaban J connectivity index is 1.36. The summed E-state index contributed by atoms with van der Waals surface area (Å²) in [6.45, 7) is 6.10. The summed E-state index contributed by atoms with van der Waals surface area (Å²) in [7, 11) is 0. The monoisotopic (exact) mass is 502 g/mol. The molecule has 0 fully saturated rings. The highest BCUT2D eigenvalue weighted by molar-refractivity contribution is 5.96. The predicted octanol–water partition coefficient (Wildman–Crippen LogP) is 6.00. The number of benzene rings is 1. The molecular formula is C29H26N8O. The van der Waals surface area contributed by atoms with Crippen molar-refractivity contribution in [3.8, 4) is 33.9 Å². The summed E-state index contributed by atoms with van der Waals surface area (Å²) < 4.78 is 0. The molecule has 0 atom stereocenters. The third kappa shape index (κ3) is 4.61.